The lowest BCUT2D eigenvalue weighted by molar-refractivity contribution is 0.280. The van der Waals surface area contributed by atoms with Crippen LogP contribution in [0.3, 0.4) is 0 Å². The first kappa shape index (κ1) is 14.2. The van der Waals surface area contributed by atoms with Crippen LogP contribution in [0.2, 0.25) is 0 Å². The Hall–Kier alpha value is -1.22. The first-order chi connectivity index (χ1) is 9.13. The Bertz CT molecular complexity index is 382. The van der Waals surface area contributed by atoms with E-state index in [0.29, 0.717) is 0 Å². The van der Waals surface area contributed by atoms with Crippen molar-refractivity contribution < 1.29 is 4.74 Å². The van der Waals surface area contributed by atoms with Crippen LogP contribution in [-0.4, -0.2) is 26.2 Å². The molecule has 3 nitrogen and oxygen atoms in total. The van der Waals surface area contributed by atoms with Crippen molar-refractivity contribution in [3.05, 3.63) is 24.3 Å². The summed E-state index contributed by atoms with van der Waals surface area (Å²) >= 11 is 0. The molecule has 2 N–H and O–H groups in total. The van der Waals surface area contributed by atoms with E-state index in [0.717, 1.165) is 18.7 Å². The van der Waals surface area contributed by atoms with Gasteiger partial charge in [0.05, 0.1) is 7.11 Å². The van der Waals surface area contributed by atoms with Crippen molar-refractivity contribution in [1.29, 1.82) is 0 Å². The van der Waals surface area contributed by atoms with E-state index < -0.39 is 0 Å². The van der Waals surface area contributed by atoms with Crippen LogP contribution in [0.5, 0.6) is 5.75 Å². The Morgan fingerprint density at radius 2 is 1.79 bits per heavy atom. The largest absolute Gasteiger partial charge is 0.497 e. The Labute approximate surface area is 116 Å². The molecule has 0 amide bonds. The average molecular weight is 262 g/mol. The van der Waals surface area contributed by atoms with Gasteiger partial charge in [0, 0.05) is 24.8 Å². The second-order valence-corrected chi connectivity index (χ2v) is 5.79. The van der Waals surface area contributed by atoms with E-state index in [9.17, 15) is 0 Å². The Morgan fingerprint density at radius 1 is 1.16 bits per heavy atom. The molecular formula is C16H26N2O. The number of hydrogen-bond acceptors (Lipinski definition) is 3. The molecule has 2 rings (SSSR count). The topological polar surface area (TPSA) is 38.5 Å². The van der Waals surface area contributed by atoms with Crippen molar-refractivity contribution in [2.24, 2.45) is 5.73 Å². The van der Waals surface area contributed by atoms with Crippen molar-refractivity contribution in [1.82, 2.24) is 0 Å². The molecule has 0 aliphatic heterocycles. The highest BCUT2D eigenvalue weighted by Crippen LogP contribution is 2.29. The van der Waals surface area contributed by atoms with Gasteiger partial charge in [-0.05, 0) is 43.5 Å². The third-order valence-corrected chi connectivity index (χ3v) is 4.31. The number of nitrogens with two attached hydrogens (primary N) is 1. The predicted octanol–water partition coefficient (Wildman–Crippen LogP) is 3.18. The molecule has 0 radical (unpaired) electrons. The van der Waals surface area contributed by atoms with Crippen LogP contribution < -0.4 is 15.4 Å². The minimum atomic E-state index is 0.0684. The van der Waals surface area contributed by atoms with Gasteiger partial charge in [-0.3, -0.25) is 0 Å². The summed E-state index contributed by atoms with van der Waals surface area (Å²) in [6.45, 7) is 1.02. The van der Waals surface area contributed by atoms with Crippen molar-refractivity contribution in [3.8, 4) is 5.75 Å². The second kappa shape index (κ2) is 6.29. The zero-order valence-electron chi connectivity index (χ0n) is 12.2. The monoisotopic (exact) mass is 262 g/mol. The summed E-state index contributed by atoms with van der Waals surface area (Å²) in [5.41, 5.74) is 7.78. The van der Waals surface area contributed by atoms with E-state index in [2.05, 4.69) is 24.1 Å². The normalized spacial score (nSPS) is 18.1. The van der Waals surface area contributed by atoms with Crippen LogP contribution >= 0.6 is 0 Å². The van der Waals surface area contributed by atoms with Crippen LogP contribution in [0.1, 0.15) is 38.5 Å². The Kier molecular flexibility index (Phi) is 4.70. The highest BCUT2D eigenvalue weighted by molar-refractivity contribution is 5.48. The van der Waals surface area contributed by atoms with Crippen molar-refractivity contribution in [3.63, 3.8) is 0 Å². The van der Waals surface area contributed by atoms with Crippen molar-refractivity contribution in [2.75, 3.05) is 25.6 Å². The smallest absolute Gasteiger partial charge is 0.119 e. The average Bonchev–Trinajstić information content (AvgIpc) is 2.46. The van der Waals surface area contributed by atoms with E-state index in [1.165, 1.54) is 37.8 Å². The third kappa shape index (κ3) is 3.87. The summed E-state index contributed by atoms with van der Waals surface area (Å²) in [4.78, 5) is 2.28. The molecule has 106 valence electrons. The molecule has 0 bridgehead atoms. The predicted molar refractivity (Wildman–Crippen MR) is 80.9 cm³/mol. The van der Waals surface area contributed by atoms with E-state index in [4.69, 9.17) is 10.5 Å². The number of benzene rings is 1. The molecule has 1 aliphatic rings. The van der Waals surface area contributed by atoms with Gasteiger partial charge in [0.25, 0.3) is 0 Å². The quantitative estimate of drug-likeness (QED) is 0.885. The molecule has 1 fully saturated rings. The first-order valence-electron chi connectivity index (χ1n) is 7.27. The summed E-state index contributed by atoms with van der Waals surface area (Å²) < 4.78 is 5.18. The summed E-state index contributed by atoms with van der Waals surface area (Å²) in [6.07, 6.45) is 7.39. The summed E-state index contributed by atoms with van der Waals surface area (Å²) in [6, 6.07) is 8.21. The maximum absolute atomic E-state index is 6.48. The van der Waals surface area contributed by atoms with Gasteiger partial charge in [-0.2, -0.15) is 0 Å². The number of ether oxygens (including phenoxy) is 1. The molecule has 1 aromatic carbocycles. The lowest BCUT2D eigenvalue weighted by atomic mass is 9.80. The van der Waals surface area contributed by atoms with Crippen molar-refractivity contribution in [2.45, 2.75) is 44.1 Å². The number of methoxy groups -OCH3 is 1. The van der Waals surface area contributed by atoms with E-state index >= 15 is 0 Å². The van der Waals surface area contributed by atoms with Gasteiger partial charge in [0.15, 0.2) is 0 Å². The summed E-state index contributed by atoms with van der Waals surface area (Å²) in [5, 5.41) is 0. The van der Waals surface area contributed by atoms with Gasteiger partial charge >= 0.3 is 0 Å². The fourth-order valence-electron chi connectivity index (χ4n) is 2.86. The minimum Gasteiger partial charge on any atom is -0.497 e. The lowest BCUT2D eigenvalue weighted by Crippen LogP contribution is -2.44. The van der Waals surface area contributed by atoms with E-state index in [1.807, 2.05) is 12.1 Å². The molecule has 1 saturated carbocycles. The third-order valence-electron chi connectivity index (χ3n) is 4.31. The SMILES string of the molecule is COc1ccc(N(C)CCC2(N)CCCCC2)cc1. The summed E-state index contributed by atoms with van der Waals surface area (Å²) in [7, 11) is 3.83. The highest BCUT2D eigenvalue weighted by atomic mass is 16.5. The molecule has 1 aliphatic carbocycles. The van der Waals surface area contributed by atoms with Gasteiger partial charge in [0.1, 0.15) is 5.75 Å². The fraction of sp³-hybridized carbons (Fsp3) is 0.625. The summed E-state index contributed by atoms with van der Waals surface area (Å²) in [5.74, 6) is 0.903. The molecule has 0 atom stereocenters. The van der Waals surface area contributed by atoms with Crippen molar-refractivity contribution >= 4 is 5.69 Å². The number of rotatable bonds is 5. The van der Waals surface area contributed by atoms with E-state index in [-0.39, 0.29) is 5.54 Å². The molecule has 0 saturated heterocycles. The highest BCUT2D eigenvalue weighted by Gasteiger charge is 2.27. The second-order valence-electron chi connectivity index (χ2n) is 5.79. The lowest BCUT2D eigenvalue weighted by Gasteiger charge is -2.35. The first-order valence-corrected chi connectivity index (χ1v) is 7.27. The van der Waals surface area contributed by atoms with Gasteiger partial charge in [0.2, 0.25) is 0 Å². The Balaban J connectivity index is 1.87. The van der Waals surface area contributed by atoms with Crippen LogP contribution in [0.15, 0.2) is 24.3 Å². The van der Waals surface area contributed by atoms with Crippen LogP contribution in [0, 0.1) is 0 Å². The Morgan fingerprint density at radius 3 is 2.37 bits per heavy atom. The molecule has 0 unspecified atom stereocenters. The fourth-order valence-corrected chi connectivity index (χ4v) is 2.86. The van der Waals surface area contributed by atoms with Gasteiger partial charge in [-0.1, -0.05) is 19.3 Å². The maximum atomic E-state index is 6.48. The molecule has 0 aromatic heterocycles. The van der Waals surface area contributed by atoms with E-state index in [1.54, 1.807) is 7.11 Å². The molecular weight excluding hydrogens is 236 g/mol. The molecule has 3 heteroatoms. The van der Waals surface area contributed by atoms with Crippen LogP contribution in [0.4, 0.5) is 5.69 Å². The number of hydrogen-bond donors (Lipinski definition) is 1. The zero-order chi connectivity index (χ0) is 13.7. The molecule has 0 spiro atoms. The number of anilines is 1. The van der Waals surface area contributed by atoms with Gasteiger partial charge in [-0.15, -0.1) is 0 Å². The zero-order valence-corrected chi connectivity index (χ0v) is 12.2. The molecule has 19 heavy (non-hydrogen) atoms. The molecule has 0 heterocycles. The van der Waals surface area contributed by atoms with Crippen LogP contribution in [-0.2, 0) is 0 Å². The number of nitrogens with zero attached hydrogens (tertiary/aromatic N) is 1. The van der Waals surface area contributed by atoms with Gasteiger partial charge in [-0.25, -0.2) is 0 Å². The van der Waals surface area contributed by atoms with Crippen LogP contribution in [0.25, 0.3) is 0 Å². The van der Waals surface area contributed by atoms with Gasteiger partial charge < -0.3 is 15.4 Å². The maximum Gasteiger partial charge on any atom is 0.119 e. The molecule has 1 aromatic rings. The minimum absolute atomic E-state index is 0.0684. The standard InChI is InChI=1S/C16H26N2O/c1-18(14-6-8-15(19-2)9-7-14)13-12-16(17)10-4-3-5-11-16/h6-9H,3-5,10-13,17H2,1-2H3.